The number of fused-ring (bicyclic) bond motifs is 1. The van der Waals surface area contributed by atoms with E-state index < -0.39 is 0 Å². The SMILES string of the molecule is CC(NC(=O)c1sc2cccnc2c1N)C(C)(C)C. The number of amides is 1. The second-order valence-corrected chi connectivity index (χ2v) is 6.81. The lowest BCUT2D eigenvalue weighted by atomic mass is 9.88. The van der Waals surface area contributed by atoms with Crippen molar-refractivity contribution in [2.24, 2.45) is 5.41 Å². The predicted molar refractivity (Wildman–Crippen MR) is 80.4 cm³/mol. The Labute approximate surface area is 117 Å². The van der Waals surface area contributed by atoms with Crippen LogP contribution < -0.4 is 11.1 Å². The Morgan fingerprint density at radius 3 is 2.74 bits per heavy atom. The molecule has 2 aromatic heterocycles. The zero-order valence-electron chi connectivity index (χ0n) is 11.7. The standard InChI is InChI=1S/C14H19N3OS/c1-8(14(2,3)4)17-13(18)12-10(15)11-9(19-12)6-5-7-16-11/h5-8H,15H2,1-4H3,(H,17,18). The number of nitrogens with two attached hydrogens (primary N) is 1. The summed E-state index contributed by atoms with van der Waals surface area (Å²) in [5, 5.41) is 3.00. The molecule has 19 heavy (non-hydrogen) atoms. The fourth-order valence-electron chi connectivity index (χ4n) is 1.60. The van der Waals surface area contributed by atoms with E-state index >= 15 is 0 Å². The van der Waals surface area contributed by atoms with Gasteiger partial charge in [-0.1, -0.05) is 20.8 Å². The molecule has 102 valence electrons. The molecule has 2 heterocycles. The number of thiophene rings is 1. The van der Waals surface area contributed by atoms with Crippen molar-refractivity contribution in [1.29, 1.82) is 0 Å². The maximum Gasteiger partial charge on any atom is 0.263 e. The number of carbonyl (C=O) groups is 1. The molecule has 0 aliphatic carbocycles. The number of hydrogen-bond donors (Lipinski definition) is 2. The number of nitrogens with one attached hydrogen (secondary N) is 1. The molecule has 0 aromatic carbocycles. The van der Waals surface area contributed by atoms with Crippen LogP contribution in [0.2, 0.25) is 0 Å². The highest BCUT2D eigenvalue weighted by molar-refractivity contribution is 7.21. The van der Waals surface area contributed by atoms with Gasteiger partial charge in [0.1, 0.15) is 10.4 Å². The number of hydrogen-bond acceptors (Lipinski definition) is 4. The van der Waals surface area contributed by atoms with Crippen LogP contribution in [-0.2, 0) is 0 Å². The van der Waals surface area contributed by atoms with Crippen LogP contribution in [0.5, 0.6) is 0 Å². The highest BCUT2D eigenvalue weighted by atomic mass is 32.1. The molecule has 0 fully saturated rings. The fraction of sp³-hybridized carbons (Fsp3) is 0.429. The van der Waals surface area contributed by atoms with Gasteiger partial charge in [-0.2, -0.15) is 0 Å². The topological polar surface area (TPSA) is 68.0 Å². The van der Waals surface area contributed by atoms with Gasteiger partial charge in [-0.15, -0.1) is 11.3 Å². The number of carbonyl (C=O) groups excluding carboxylic acids is 1. The summed E-state index contributed by atoms with van der Waals surface area (Å²) in [6, 6.07) is 3.84. The monoisotopic (exact) mass is 277 g/mol. The Balaban J connectivity index is 2.30. The van der Waals surface area contributed by atoms with Crippen molar-refractivity contribution >= 4 is 33.1 Å². The van der Waals surface area contributed by atoms with E-state index in [1.54, 1.807) is 6.20 Å². The molecule has 1 atom stereocenters. The van der Waals surface area contributed by atoms with Gasteiger partial charge in [0.15, 0.2) is 0 Å². The fourth-order valence-corrected chi connectivity index (χ4v) is 2.58. The van der Waals surface area contributed by atoms with Gasteiger partial charge >= 0.3 is 0 Å². The average Bonchev–Trinajstić information content (AvgIpc) is 2.66. The minimum atomic E-state index is -0.122. The summed E-state index contributed by atoms with van der Waals surface area (Å²) in [5.74, 6) is -0.122. The number of nitrogen functional groups attached to an aromatic ring is 1. The molecule has 0 saturated carbocycles. The lowest BCUT2D eigenvalue weighted by Crippen LogP contribution is -2.41. The molecule has 0 aliphatic rings. The third-order valence-electron chi connectivity index (χ3n) is 3.34. The molecule has 0 bridgehead atoms. The van der Waals surface area contributed by atoms with E-state index in [9.17, 15) is 4.79 Å². The van der Waals surface area contributed by atoms with Gasteiger partial charge in [-0.25, -0.2) is 0 Å². The van der Waals surface area contributed by atoms with Crippen LogP contribution in [0, 0.1) is 5.41 Å². The Kier molecular flexibility index (Phi) is 3.49. The summed E-state index contributed by atoms with van der Waals surface area (Å²) in [6.07, 6.45) is 1.69. The van der Waals surface area contributed by atoms with Crippen LogP contribution in [0.1, 0.15) is 37.4 Å². The van der Waals surface area contributed by atoms with Crippen LogP contribution in [0.3, 0.4) is 0 Å². The van der Waals surface area contributed by atoms with Crippen molar-refractivity contribution in [2.75, 3.05) is 5.73 Å². The zero-order chi connectivity index (χ0) is 14.2. The van der Waals surface area contributed by atoms with E-state index in [2.05, 4.69) is 31.1 Å². The molecule has 2 aromatic rings. The van der Waals surface area contributed by atoms with Crippen molar-refractivity contribution < 1.29 is 4.79 Å². The van der Waals surface area contributed by atoms with E-state index in [-0.39, 0.29) is 17.4 Å². The van der Waals surface area contributed by atoms with Gasteiger partial charge in [0, 0.05) is 12.2 Å². The van der Waals surface area contributed by atoms with E-state index in [1.807, 2.05) is 19.1 Å². The molecule has 4 nitrogen and oxygen atoms in total. The van der Waals surface area contributed by atoms with Crippen molar-refractivity contribution in [3.63, 3.8) is 0 Å². The first-order chi connectivity index (χ1) is 8.80. The molecule has 5 heteroatoms. The molecule has 0 saturated heterocycles. The summed E-state index contributed by atoms with van der Waals surface area (Å²) in [4.78, 5) is 17.0. The minimum absolute atomic E-state index is 0.0132. The highest BCUT2D eigenvalue weighted by Gasteiger charge is 2.24. The first-order valence-corrected chi connectivity index (χ1v) is 7.06. The number of aromatic nitrogens is 1. The zero-order valence-corrected chi connectivity index (χ0v) is 12.5. The van der Waals surface area contributed by atoms with Gasteiger partial charge < -0.3 is 11.1 Å². The molecule has 1 unspecified atom stereocenters. The van der Waals surface area contributed by atoms with Gasteiger partial charge in [0.2, 0.25) is 0 Å². The Hall–Kier alpha value is -1.62. The first-order valence-electron chi connectivity index (χ1n) is 6.24. The number of anilines is 1. The molecule has 0 spiro atoms. The van der Waals surface area contributed by atoms with E-state index in [4.69, 9.17) is 5.73 Å². The second-order valence-electron chi connectivity index (χ2n) is 5.76. The van der Waals surface area contributed by atoms with Crippen LogP contribution in [-0.4, -0.2) is 16.9 Å². The molecule has 1 amide bonds. The Morgan fingerprint density at radius 2 is 2.16 bits per heavy atom. The molecule has 0 aliphatic heterocycles. The molecular weight excluding hydrogens is 258 g/mol. The predicted octanol–water partition coefficient (Wildman–Crippen LogP) is 3.04. The molecular formula is C14H19N3OS. The minimum Gasteiger partial charge on any atom is -0.396 e. The summed E-state index contributed by atoms with van der Waals surface area (Å²) in [5.41, 5.74) is 7.21. The van der Waals surface area contributed by atoms with E-state index in [0.29, 0.717) is 16.1 Å². The van der Waals surface area contributed by atoms with Crippen molar-refractivity contribution in [1.82, 2.24) is 10.3 Å². The Bertz CT molecular complexity index is 613. The lowest BCUT2D eigenvalue weighted by molar-refractivity contribution is 0.0915. The van der Waals surface area contributed by atoms with Crippen LogP contribution >= 0.6 is 11.3 Å². The lowest BCUT2D eigenvalue weighted by Gasteiger charge is -2.27. The van der Waals surface area contributed by atoms with Gasteiger partial charge in [-0.05, 0) is 24.5 Å². The highest BCUT2D eigenvalue weighted by Crippen LogP contribution is 2.32. The van der Waals surface area contributed by atoms with Crippen LogP contribution in [0.25, 0.3) is 10.2 Å². The van der Waals surface area contributed by atoms with Gasteiger partial charge in [0.05, 0.1) is 10.4 Å². The molecule has 2 rings (SSSR count). The summed E-state index contributed by atoms with van der Waals surface area (Å²) in [6.45, 7) is 8.27. The third kappa shape index (κ3) is 2.71. The van der Waals surface area contributed by atoms with Crippen molar-refractivity contribution in [2.45, 2.75) is 33.7 Å². The quantitative estimate of drug-likeness (QED) is 0.886. The second kappa shape index (κ2) is 4.81. The summed E-state index contributed by atoms with van der Waals surface area (Å²) < 4.78 is 0.938. The molecule has 3 N–H and O–H groups in total. The van der Waals surface area contributed by atoms with Crippen LogP contribution in [0.15, 0.2) is 18.3 Å². The smallest absolute Gasteiger partial charge is 0.263 e. The maximum atomic E-state index is 12.3. The first kappa shape index (κ1) is 13.8. The molecule has 0 radical (unpaired) electrons. The van der Waals surface area contributed by atoms with E-state index in [1.165, 1.54) is 11.3 Å². The average molecular weight is 277 g/mol. The van der Waals surface area contributed by atoms with Crippen molar-refractivity contribution in [3.8, 4) is 0 Å². The van der Waals surface area contributed by atoms with Gasteiger partial charge in [-0.3, -0.25) is 9.78 Å². The maximum absolute atomic E-state index is 12.3. The largest absolute Gasteiger partial charge is 0.396 e. The Morgan fingerprint density at radius 1 is 1.47 bits per heavy atom. The number of rotatable bonds is 2. The van der Waals surface area contributed by atoms with E-state index in [0.717, 1.165) is 4.70 Å². The summed E-state index contributed by atoms with van der Waals surface area (Å²) >= 11 is 1.39. The third-order valence-corrected chi connectivity index (χ3v) is 4.49. The van der Waals surface area contributed by atoms with Gasteiger partial charge in [0.25, 0.3) is 5.91 Å². The van der Waals surface area contributed by atoms with Crippen molar-refractivity contribution in [3.05, 3.63) is 23.2 Å². The number of nitrogens with zero attached hydrogens (tertiary/aromatic N) is 1. The summed E-state index contributed by atoms with van der Waals surface area (Å²) in [7, 11) is 0. The number of pyridine rings is 1. The normalized spacial score (nSPS) is 13.5. The van der Waals surface area contributed by atoms with Crippen LogP contribution in [0.4, 0.5) is 5.69 Å².